The van der Waals surface area contributed by atoms with Crippen molar-refractivity contribution in [1.82, 2.24) is 0 Å². The Labute approximate surface area is 113 Å². The van der Waals surface area contributed by atoms with Gasteiger partial charge in [0.25, 0.3) is 0 Å². The lowest BCUT2D eigenvalue weighted by atomic mass is 9.84. The Morgan fingerprint density at radius 3 is 2.53 bits per heavy atom. The van der Waals surface area contributed by atoms with Crippen LogP contribution in [0.1, 0.15) is 51.0 Å². The maximum atomic E-state index is 4.04. The summed E-state index contributed by atoms with van der Waals surface area (Å²) in [4.78, 5) is 0. The molecule has 1 unspecified atom stereocenters. The third kappa shape index (κ3) is 1.62. The molecule has 2 saturated carbocycles. The lowest BCUT2D eigenvalue weighted by molar-refractivity contribution is 0.441. The van der Waals surface area contributed by atoms with Gasteiger partial charge in [0.05, 0.1) is 0 Å². The van der Waals surface area contributed by atoms with Crippen LogP contribution >= 0.6 is 15.9 Å². The van der Waals surface area contributed by atoms with E-state index in [4.69, 9.17) is 0 Å². The van der Waals surface area contributed by atoms with Crippen LogP contribution in [-0.4, -0.2) is 4.32 Å². The Morgan fingerprint density at radius 1 is 1.06 bits per heavy atom. The number of halogens is 1. The van der Waals surface area contributed by atoms with E-state index in [1.807, 2.05) is 0 Å². The predicted molar refractivity (Wildman–Crippen MR) is 76.6 cm³/mol. The van der Waals surface area contributed by atoms with Gasteiger partial charge >= 0.3 is 0 Å². The smallest absolute Gasteiger partial charge is 0.0366 e. The van der Waals surface area contributed by atoms with Gasteiger partial charge in [-0.05, 0) is 31.2 Å². The van der Waals surface area contributed by atoms with Crippen LogP contribution in [0.5, 0.6) is 0 Å². The zero-order chi connectivity index (χ0) is 11.9. The van der Waals surface area contributed by atoms with Gasteiger partial charge in [0.1, 0.15) is 0 Å². The van der Waals surface area contributed by atoms with Crippen molar-refractivity contribution in [1.29, 1.82) is 0 Å². The Balaban J connectivity index is 1.98. The van der Waals surface area contributed by atoms with Gasteiger partial charge in [-0.3, -0.25) is 0 Å². The first-order chi connectivity index (χ1) is 8.19. The fourth-order valence-electron chi connectivity index (χ4n) is 4.15. The van der Waals surface area contributed by atoms with Gasteiger partial charge in [-0.1, -0.05) is 71.9 Å². The molecule has 17 heavy (non-hydrogen) atoms. The third-order valence-corrected chi connectivity index (χ3v) is 6.40. The molecular weight excluding hydrogens is 272 g/mol. The quantitative estimate of drug-likeness (QED) is 0.635. The van der Waals surface area contributed by atoms with Gasteiger partial charge in [-0.25, -0.2) is 0 Å². The van der Waals surface area contributed by atoms with Crippen molar-refractivity contribution < 1.29 is 0 Å². The summed E-state index contributed by atoms with van der Waals surface area (Å²) in [6.45, 7) is 2.41. The molecule has 1 heteroatoms. The van der Waals surface area contributed by atoms with Crippen LogP contribution in [0.4, 0.5) is 0 Å². The minimum atomic E-state index is 0.339. The number of hydrogen-bond acceptors (Lipinski definition) is 0. The standard InChI is InChI=1S/C16H21Br/c1-15(17)14-11-7-2-3-8-12-16(14,15)13-9-5-4-6-10-13/h4-6,9-10,14H,2-3,7-8,11-12H2,1H3/t14?,15-,16+/m0/s1. The van der Waals surface area contributed by atoms with E-state index in [1.165, 1.54) is 38.5 Å². The van der Waals surface area contributed by atoms with Crippen LogP contribution in [0, 0.1) is 5.92 Å². The molecule has 0 spiro atoms. The molecule has 0 aliphatic heterocycles. The molecule has 0 heterocycles. The number of alkyl halides is 1. The normalized spacial score (nSPS) is 41.2. The van der Waals surface area contributed by atoms with E-state index in [1.54, 1.807) is 5.56 Å². The van der Waals surface area contributed by atoms with Crippen molar-refractivity contribution in [2.75, 3.05) is 0 Å². The fourth-order valence-corrected chi connectivity index (χ4v) is 5.36. The summed E-state index contributed by atoms with van der Waals surface area (Å²) in [7, 11) is 0. The molecule has 0 saturated heterocycles. The van der Waals surface area contributed by atoms with Gasteiger partial charge in [-0.2, -0.15) is 0 Å². The van der Waals surface area contributed by atoms with Crippen LogP contribution in [0.3, 0.4) is 0 Å². The Hall–Kier alpha value is -0.300. The molecule has 3 rings (SSSR count). The van der Waals surface area contributed by atoms with E-state index >= 15 is 0 Å². The maximum absolute atomic E-state index is 4.04. The molecule has 0 radical (unpaired) electrons. The van der Waals surface area contributed by atoms with E-state index in [-0.39, 0.29) is 0 Å². The molecule has 0 N–H and O–H groups in total. The van der Waals surface area contributed by atoms with Crippen molar-refractivity contribution >= 4 is 15.9 Å². The summed E-state index contributed by atoms with van der Waals surface area (Å²) < 4.78 is 0.339. The fraction of sp³-hybridized carbons (Fsp3) is 0.625. The second kappa shape index (κ2) is 4.12. The molecule has 0 nitrogen and oxygen atoms in total. The predicted octanol–water partition coefficient (Wildman–Crippen LogP) is 5.06. The lowest BCUT2D eigenvalue weighted by Gasteiger charge is -2.22. The molecule has 1 aromatic rings. The molecule has 0 bridgehead atoms. The second-order valence-electron chi connectivity index (χ2n) is 5.92. The van der Waals surface area contributed by atoms with Crippen molar-refractivity contribution in [3.05, 3.63) is 35.9 Å². The van der Waals surface area contributed by atoms with E-state index < -0.39 is 0 Å². The van der Waals surface area contributed by atoms with E-state index in [2.05, 4.69) is 53.2 Å². The molecule has 0 amide bonds. The second-order valence-corrected chi connectivity index (χ2v) is 7.57. The maximum Gasteiger partial charge on any atom is 0.0366 e. The minimum absolute atomic E-state index is 0.339. The van der Waals surface area contributed by atoms with E-state index in [0.29, 0.717) is 9.74 Å². The highest BCUT2D eigenvalue weighted by Gasteiger charge is 2.71. The highest BCUT2D eigenvalue weighted by molar-refractivity contribution is 9.10. The van der Waals surface area contributed by atoms with E-state index in [9.17, 15) is 0 Å². The van der Waals surface area contributed by atoms with E-state index in [0.717, 1.165) is 5.92 Å². The number of benzene rings is 1. The molecule has 1 aromatic carbocycles. The van der Waals surface area contributed by atoms with Crippen LogP contribution in [-0.2, 0) is 5.41 Å². The van der Waals surface area contributed by atoms with Gasteiger partial charge in [0, 0.05) is 9.74 Å². The van der Waals surface area contributed by atoms with Crippen LogP contribution in [0.15, 0.2) is 30.3 Å². The molecule has 3 atom stereocenters. The van der Waals surface area contributed by atoms with Crippen LogP contribution in [0.25, 0.3) is 0 Å². The molecule has 2 fully saturated rings. The molecule has 92 valence electrons. The topological polar surface area (TPSA) is 0 Å². The molecular formula is C16H21Br. The summed E-state index contributed by atoms with van der Waals surface area (Å²) in [5, 5.41) is 0. The molecule has 0 aromatic heterocycles. The summed E-state index contributed by atoms with van der Waals surface area (Å²) in [6, 6.07) is 11.2. The van der Waals surface area contributed by atoms with Crippen molar-refractivity contribution in [2.24, 2.45) is 5.92 Å². The highest BCUT2D eigenvalue weighted by Crippen LogP contribution is 2.72. The van der Waals surface area contributed by atoms with Crippen LogP contribution < -0.4 is 0 Å². The third-order valence-electron chi connectivity index (χ3n) is 5.14. The number of rotatable bonds is 1. The summed E-state index contributed by atoms with van der Waals surface area (Å²) in [5.41, 5.74) is 1.99. The summed E-state index contributed by atoms with van der Waals surface area (Å²) in [5.74, 6) is 0.845. The first kappa shape index (κ1) is 11.8. The summed E-state index contributed by atoms with van der Waals surface area (Å²) in [6.07, 6.45) is 8.43. The zero-order valence-corrected chi connectivity index (χ0v) is 12.2. The van der Waals surface area contributed by atoms with Gasteiger partial charge < -0.3 is 0 Å². The van der Waals surface area contributed by atoms with Crippen molar-refractivity contribution in [2.45, 2.75) is 55.2 Å². The first-order valence-corrected chi connectivity index (χ1v) is 7.73. The SMILES string of the molecule is C[C@]1(Br)C2CCCCCC[C@@]21c1ccccc1. The lowest BCUT2D eigenvalue weighted by Crippen LogP contribution is -2.17. The first-order valence-electron chi connectivity index (χ1n) is 6.94. The Bertz CT molecular complexity index is 395. The largest absolute Gasteiger partial charge is 0.0843 e. The monoisotopic (exact) mass is 292 g/mol. The number of fused-ring (bicyclic) bond motifs is 1. The average Bonchev–Trinajstić information content (AvgIpc) is 2.74. The van der Waals surface area contributed by atoms with Crippen LogP contribution in [0.2, 0.25) is 0 Å². The van der Waals surface area contributed by atoms with Crippen molar-refractivity contribution in [3.63, 3.8) is 0 Å². The highest BCUT2D eigenvalue weighted by atomic mass is 79.9. The molecule has 2 aliphatic rings. The number of hydrogen-bond donors (Lipinski definition) is 0. The van der Waals surface area contributed by atoms with Gasteiger partial charge in [-0.15, -0.1) is 0 Å². The molecule has 2 aliphatic carbocycles. The van der Waals surface area contributed by atoms with Gasteiger partial charge in [0.2, 0.25) is 0 Å². The zero-order valence-electron chi connectivity index (χ0n) is 10.6. The Morgan fingerprint density at radius 2 is 1.76 bits per heavy atom. The minimum Gasteiger partial charge on any atom is -0.0843 e. The van der Waals surface area contributed by atoms with Crippen molar-refractivity contribution in [3.8, 4) is 0 Å². The Kier molecular flexibility index (Phi) is 2.85. The average molecular weight is 293 g/mol. The summed E-state index contributed by atoms with van der Waals surface area (Å²) >= 11 is 4.04. The van der Waals surface area contributed by atoms with Gasteiger partial charge in [0.15, 0.2) is 0 Å².